The lowest BCUT2D eigenvalue weighted by molar-refractivity contribution is 0.102. The number of pyridine rings is 2. The van der Waals surface area contributed by atoms with Crippen LogP contribution in [0, 0.1) is 0 Å². The van der Waals surface area contributed by atoms with E-state index in [9.17, 15) is 4.79 Å². The van der Waals surface area contributed by atoms with Crippen LogP contribution < -0.4 is 5.32 Å². The third-order valence-electron chi connectivity index (χ3n) is 2.62. The minimum Gasteiger partial charge on any atom is -0.321 e. The Hall–Kier alpha value is -2.23. The Morgan fingerprint density at radius 2 is 1.89 bits per heavy atom. The fraction of sp³-hybridized carbons (Fsp3) is 0.214. The van der Waals surface area contributed by atoms with Gasteiger partial charge in [-0.05, 0) is 35.7 Å². The van der Waals surface area contributed by atoms with Crippen LogP contribution in [0.2, 0.25) is 0 Å². The van der Waals surface area contributed by atoms with Crippen molar-refractivity contribution in [1.29, 1.82) is 0 Å². The molecule has 0 atom stereocenters. The van der Waals surface area contributed by atoms with Crippen molar-refractivity contribution < 1.29 is 4.79 Å². The predicted molar refractivity (Wildman–Crippen MR) is 70.5 cm³/mol. The van der Waals surface area contributed by atoms with E-state index in [0.717, 1.165) is 5.56 Å². The molecule has 0 bridgehead atoms. The zero-order valence-electron chi connectivity index (χ0n) is 10.4. The van der Waals surface area contributed by atoms with Crippen LogP contribution in [0.4, 0.5) is 5.69 Å². The van der Waals surface area contributed by atoms with E-state index >= 15 is 0 Å². The van der Waals surface area contributed by atoms with Gasteiger partial charge in [0.15, 0.2) is 0 Å². The first kappa shape index (κ1) is 12.2. The lowest BCUT2D eigenvalue weighted by Crippen LogP contribution is -2.14. The van der Waals surface area contributed by atoms with E-state index in [4.69, 9.17) is 0 Å². The molecule has 4 heteroatoms. The molecule has 2 rings (SSSR count). The Morgan fingerprint density at radius 1 is 1.17 bits per heavy atom. The van der Waals surface area contributed by atoms with Gasteiger partial charge in [0.1, 0.15) is 5.69 Å². The summed E-state index contributed by atoms with van der Waals surface area (Å²) in [4.78, 5) is 20.0. The van der Waals surface area contributed by atoms with Gasteiger partial charge in [-0.2, -0.15) is 0 Å². The third kappa shape index (κ3) is 2.91. The quantitative estimate of drug-likeness (QED) is 0.899. The van der Waals surface area contributed by atoms with Crippen molar-refractivity contribution in [3.8, 4) is 0 Å². The molecule has 92 valence electrons. The van der Waals surface area contributed by atoms with Crippen molar-refractivity contribution in [2.24, 2.45) is 0 Å². The first-order valence-electron chi connectivity index (χ1n) is 5.84. The Bertz CT molecular complexity index is 538. The number of anilines is 1. The second-order valence-corrected chi connectivity index (χ2v) is 4.32. The lowest BCUT2D eigenvalue weighted by atomic mass is 10.0. The summed E-state index contributed by atoms with van der Waals surface area (Å²) >= 11 is 0. The van der Waals surface area contributed by atoms with Crippen molar-refractivity contribution in [3.63, 3.8) is 0 Å². The summed E-state index contributed by atoms with van der Waals surface area (Å²) in [6.07, 6.45) is 4.93. The van der Waals surface area contributed by atoms with E-state index in [1.165, 1.54) is 0 Å². The third-order valence-corrected chi connectivity index (χ3v) is 2.62. The molecule has 0 aliphatic heterocycles. The minimum absolute atomic E-state index is 0.205. The van der Waals surface area contributed by atoms with Crippen LogP contribution in [0.25, 0.3) is 0 Å². The summed E-state index contributed by atoms with van der Waals surface area (Å²) in [6.45, 7) is 4.17. The second-order valence-electron chi connectivity index (χ2n) is 4.32. The number of carbonyl (C=O) groups is 1. The van der Waals surface area contributed by atoms with Crippen LogP contribution in [0.5, 0.6) is 0 Å². The van der Waals surface area contributed by atoms with Crippen molar-refractivity contribution in [2.45, 2.75) is 19.8 Å². The van der Waals surface area contributed by atoms with Crippen LogP contribution in [-0.4, -0.2) is 15.9 Å². The maximum Gasteiger partial charge on any atom is 0.274 e. The van der Waals surface area contributed by atoms with Gasteiger partial charge in [-0.25, -0.2) is 0 Å². The summed E-state index contributed by atoms with van der Waals surface area (Å²) < 4.78 is 0. The van der Waals surface area contributed by atoms with E-state index in [0.29, 0.717) is 17.3 Å². The summed E-state index contributed by atoms with van der Waals surface area (Å²) in [5, 5.41) is 2.78. The SMILES string of the molecule is CC(C)c1ccnc(C(=O)Nc2ccncc2)c1. The lowest BCUT2D eigenvalue weighted by Gasteiger charge is -2.08. The number of hydrogen-bond acceptors (Lipinski definition) is 3. The van der Waals surface area contributed by atoms with E-state index in [2.05, 4.69) is 29.1 Å². The van der Waals surface area contributed by atoms with E-state index < -0.39 is 0 Å². The molecule has 0 unspecified atom stereocenters. The van der Waals surface area contributed by atoms with Gasteiger partial charge in [-0.15, -0.1) is 0 Å². The largest absolute Gasteiger partial charge is 0.321 e. The Labute approximate surface area is 106 Å². The number of aromatic nitrogens is 2. The molecule has 0 spiro atoms. The van der Waals surface area contributed by atoms with E-state index in [1.807, 2.05) is 12.1 Å². The smallest absolute Gasteiger partial charge is 0.274 e. The van der Waals surface area contributed by atoms with Crippen molar-refractivity contribution >= 4 is 11.6 Å². The molecule has 0 fully saturated rings. The zero-order valence-corrected chi connectivity index (χ0v) is 10.4. The molecule has 2 aromatic heterocycles. The minimum atomic E-state index is -0.205. The molecular weight excluding hydrogens is 226 g/mol. The fourth-order valence-electron chi connectivity index (χ4n) is 1.56. The van der Waals surface area contributed by atoms with Crippen LogP contribution in [0.15, 0.2) is 42.9 Å². The first-order chi connectivity index (χ1) is 8.66. The Balaban J connectivity index is 2.16. The van der Waals surface area contributed by atoms with Gasteiger partial charge in [0.25, 0.3) is 5.91 Å². The monoisotopic (exact) mass is 241 g/mol. The number of rotatable bonds is 3. The highest BCUT2D eigenvalue weighted by Gasteiger charge is 2.09. The molecular formula is C14H15N3O. The number of carbonyl (C=O) groups excluding carboxylic acids is 1. The summed E-state index contributed by atoms with van der Waals surface area (Å²) in [5.74, 6) is 0.171. The van der Waals surface area contributed by atoms with Crippen LogP contribution >= 0.6 is 0 Å². The standard InChI is InChI=1S/C14H15N3O/c1-10(2)11-3-8-16-13(9-11)14(18)17-12-4-6-15-7-5-12/h3-10H,1-2H3,(H,15,17,18). The van der Waals surface area contributed by atoms with Crippen LogP contribution in [0.3, 0.4) is 0 Å². The van der Waals surface area contributed by atoms with Gasteiger partial charge in [-0.1, -0.05) is 13.8 Å². The molecule has 2 heterocycles. The average Bonchev–Trinajstić information content (AvgIpc) is 2.40. The molecule has 1 amide bonds. The highest BCUT2D eigenvalue weighted by molar-refractivity contribution is 6.02. The fourth-order valence-corrected chi connectivity index (χ4v) is 1.56. The molecule has 0 aromatic carbocycles. The van der Waals surface area contributed by atoms with Gasteiger partial charge < -0.3 is 5.32 Å². The van der Waals surface area contributed by atoms with Gasteiger partial charge in [-0.3, -0.25) is 14.8 Å². The highest BCUT2D eigenvalue weighted by atomic mass is 16.1. The first-order valence-corrected chi connectivity index (χ1v) is 5.84. The molecule has 2 aromatic rings. The molecule has 0 radical (unpaired) electrons. The van der Waals surface area contributed by atoms with Gasteiger partial charge in [0.2, 0.25) is 0 Å². The number of amides is 1. The van der Waals surface area contributed by atoms with Crippen LogP contribution in [-0.2, 0) is 0 Å². The van der Waals surface area contributed by atoms with Crippen molar-refractivity contribution in [2.75, 3.05) is 5.32 Å². The second kappa shape index (κ2) is 5.40. The molecule has 0 saturated carbocycles. The molecule has 1 N–H and O–H groups in total. The van der Waals surface area contributed by atoms with Crippen molar-refractivity contribution in [1.82, 2.24) is 9.97 Å². The predicted octanol–water partition coefficient (Wildman–Crippen LogP) is 2.85. The van der Waals surface area contributed by atoms with Gasteiger partial charge >= 0.3 is 0 Å². The molecule has 4 nitrogen and oxygen atoms in total. The van der Waals surface area contributed by atoms with Crippen LogP contribution in [0.1, 0.15) is 35.8 Å². The van der Waals surface area contributed by atoms with E-state index in [1.54, 1.807) is 30.7 Å². The zero-order chi connectivity index (χ0) is 13.0. The average molecular weight is 241 g/mol. The maximum atomic E-state index is 12.0. The molecule has 0 saturated heterocycles. The van der Waals surface area contributed by atoms with Gasteiger partial charge in [0, 0.05) is 24.3 Å². The number of nitrogens with one attached hydrogen (secondary N) is 1. The summed E-state index contributed by atoms with van der Waals surface area (Å²) in [6, 6.07) is 7.23. The highest BCUT2D eigenvalue weighted by Crippen LogP contribution is 2.14. The van der Waals surface area contributed by atoms with E-state index in [-0.39, 0.29) is 5.91 Å². The summed E-state index contributed by atoms with van der Waals surface area (Å²) in [7, 11) is 0. The normalized spacial score (nSPS) is 10.4. The molecule has 18 heavy (non-hydrogen) atoms. The topological polar surface area (TPSA) is 54.9 Å². The number of nitrogens with zero attached hydrogens (tertiary/aromatic N) is 2. The molecule has 0 aliphatic rings. The maximum absolute atomic E-state index is 12.0. The number of hydrogen-bond donors (Lipinski definition) is 1. The summed E-state index contributed by atoms with van der Waals surface area (Å²) in [5.41, 5.74) is 2.25. The van der Waals surface area contributed by atoms with Gasteiger partial charge in [0.05, 0.1) is 0 Å². The Kier molecular flexibility index (Phi) is 3.67. The van der Waals surface area contributed by atoms with Crippen molar-refractivity contribution in [3.05, 3.63) is 54.1 Å². The Morgan fingerprint density at radius 3 is 2.56 bits per heavy atom. The molecule has 0 aliphatic carbocycles.